The topological polar surface area (TPSA) is 45.1 Å². The zero-order valence-electron chi connectivity index (χ0n) is 6.73. The van der Waals surface area contributed by atoms with E-state index < -0.39 is 0 Å². The highest BCUT2D eigenvalue weighted by Gasteiger charge is 2.25. The molecule has 2 atom stereocenters. The molecule has 4 heteroatoms. The van der Waals surface area contributed by atoms with Crippen molar-refractivity contribution < 1.29 is 5.11 Å². The van der Waals surface area contributed by atoms with Crippen molar-refractivity contribution in [1.29, 1.82) is 0 Å². The van der Waals surface area contributed by atoms with E-state index in [0.717, 1.165) is 19.5 Å². The maximum Gasteiger partial charge on any atom is 0.0708 e. The molecule has 0 amide bonds. The Morgan fingerprint density at radius 3 is 3.17 bits per heavy atom. The summed E-state index contributed by atoms with van der Waals surface area (Å²) in [5.41, 5.74) is 0. The number of rotatable bonds is 2. The predicted molar refractivity (Wildman–Crippen MR) is 48.2 cm³/mol. The van der Waals surface area contributed by atoms with Crippen LogP contribution < -0.4 is 5.32 Å². The number of aliphatic hydroxyl groups excluding tert-OH is 1. The minimum absolute atomic E-state index is 0.174. The van der Waals surface area contributed by atoms with Crippen LogP contribution in [0.3, 0.4) is 0 Å². The van der Waals surface area contributed by atoms with E-state index in [0.29, 0.717) is 5.92 Å². The first-order chi connectivity index (χ1) is 5.86. The molecule has 1 fully saturated rings. The quantitative estimate of drug-likeness (QED) is 0.693. The smallest absolute Gasteiger partial charge is 0.0708 e. The molecule has 1 aliphatic rings. The van der Waals surface area contributed by atoms with Crippen LogP contribution >= 0.6 is 11.5 Å². The third-order valence-corrected chi connectivity index (χ3v) is 3.02. The first kappa shape index (κ1) is 8.16. The van der Waals surface area contributed by atoms with Crippen LogP contribution in [-0.4, -0.2) is 28.7 Å². The van der Waals surface area contributed by atoms with Gasteiger partial charge in [-0.2, -0.15) is 0 Å². The Morgan fingerprint density at radius 2 is 2.58 bits per heavy atom. The van der Waals surface area contributed by atoms with E-state index in [4.69, 9.17) is 0 Å². The van der Waals surface area contributed by atoms with E-state index >= 15 is 0 Å². The number of hydrogen-bond acceptors (Lipinski definition) is 4. The largest absolute Gasteiger partial charge is 0.391 e. The van der Waals surface area contributed by atoms with Crippen LogP contribution in [0, 0.1) is 5.92 Å². The van der Waals surface area contributed by atoms with Crippen molar-refractivity contribution >= 4 is 11.5 Å². The zero-order valence-corrected chi connectivity index (χ0v) is 7.55. The highest BCUT2D eigenvalue weighted by atomic mass is 32.1. The Bertz CT molecular complexity index is 237. The molecule has 0 saturated carbocycles. The van der Waals surface area contributed by atoms with E-state index in [2.05, 4.69) is 9.69 Å². The van der Waals surface area contributed by atoms with Crippen molar-refractivity contribution in [2.75, 3.05) is 13.1 Å². The Balaban J connectivity index is 1.95. The maximum atomic E-state index is 9.51. The Hall–Kier alpha value is -0.450. The summed E-state index contributed by atoms with van der Waals surface area (Å²) in [6.45, 7) is 1.67. The highest BCUT2D eigenvalue weighted by molar-refractivity contribution is 7.05. The average Bonchev–Trinajstić information content (AvgIpc) is 2.65. The SMILES string of the molecule is O[C@@H]1CNC[C@H]1Cc1ccns1. The van der Waals surface area contributed by atoms with Gasteiger partial charge in [-0.3, -0.25) is 0 Å². The van der Waals surface area contributed by atoms with Crippen molar-refractivity contribution in [1.82, 2.24) is 9.69 Å². The second-order valence-corrected chi connectivity index (χ2v) is 4.09. The lowest BCUT2D eigenvalue weighted by atomic mass is 10.0. The third-order valence-electron chi connectivity index (χ3n) is 2.26. The number of aromatic nitrogens is 1. The summed E-state index contributed by atoms with van der Waals surface area (Å²) >= 11 is 1.52. The number of hydrogen-bond donors (Lipinski definition) is 2. The number of β-amino-alcohol motifs (C(OH)–C–C–N with tert-alkyl or cyclic N) is 1. The summed E-state index contributed by atoms with van der Waals surface area (Å²) in [4.78, 5) is 1.27. The number of nitrogens with one attached hydrogen (secondary N) is 1. The summed E-state index contributed by atoms with van der Waals surface area (Å²) < 4.78 is 4.03. The molecule has 66 valence electrons. The molecular formula is C8H12N2OS. The molecule has 0 unspecified atom stereocenters. The molecule has 0 aromatic carbocycles. The van der Waals surface area contributed by atoms with E-state index in [1.807, 2.05) is 12.3 Å². The van der Waals surface area contributed by atoms with Gasteiger partial charge in [0.1, 0.15) is 0 Å². The molecule has 0 spiro atoms. The Labute approximate surface area is 75.6 Å². The molecule has 1 aromatic heterocycles. The molecule has 1 saturated heterocycles. The summed E-state index contributed by atoms with van der Waals surface area (Å²) in [5.74, 6) is 0.380. The molecule has 1 aromatic rings. The van der Waals surface area contributed by atoms with Gasteiger partial charge in [0.2, 0.25) is 0 Å². The van der Waals surface area contributed by atoms with Crippen LogP contribution in [0.4, 0.5) is 0 Å². The average molecular weight is 184 g/mol. The highest BCUT2D eigenvalue weighted by Crippen LogP contribution is 2.17. The predicted octanol–water partition coefficient (Wildman–Crippen LogP) is 0.266. The fraction of sp³-hybridized carbons (Fsp3) is 0.625. The van der Waals surface area contributed by atoms with Crippen LogP contribution in [-0.2, 0) is 6.42 Å². The second-order valence-electron chi connectivity index (χ2n) is 3.17. The molecule has 0 aliphatic carbocycles. The van der Waals surface area contributed by atoms with E-state index in [-0.39, 0.29) is 6.10 Å². The van der Waals surface area contributed by atoms with Gasteiger partial charge in [-0.15, -0.1) is 0 Å². The summed E-state index contributed by atoms with van der Waals surface area (Å²) in [5, 5.41) is 12.7. The van der Waals surface area contributed by atoms with Gasteiger partial charge in [0.15, 0.2) is 0 Å². The standard InChI is InChI=1S/C8H12N2OS/c11-8-5-9-4-6(8)3-7-1-2-10-12-7/h1-2,6,8-9,11H,3-5H2/t6-,8-/m1/s1. The van der Waals surface area contributed by atoms with Crippen LogP contribution in [0.5, 0.6) is 0 Å². The summed E-state index contributed by atoms with van der Waals surface area (Å²) in [6.07, 6.45) is 2.60. The lowest BCUT2D eigenvalue weighted by Gasteiger charge is -2.10. The molecule has 2 rings (SSSR count). The van der Waals surface area contributed by atoms with Gasteiger partial charge >= 0.3 is 0 Å². The molecule has 2 N–H and O–H groups in total. The molecular weight excluding hydrogens is 172 g/mol. The summed E-state index contributed by atoms with van der Waals surface area (Å²) in [6, 6.07) is 2.02. The van der Waals surface area contributed by atoms with Crippen molar-refractivity contribution in [2.45, 2.75) is 12.5 Å². The number of nitrogens with zero attached hydrogens (tertiary/aromatic N) is 1. The van der Waals surface area contributed by atoms with Crippen molar-refractivity contribution in [2.24, 2.45) is 5.92 Å². The van der Waals surface area contributed by atoms with Crippen LogP contribution in [0.2, 0.25) is 0 Å². The van der Waals surface area contributed by atoms with E-state index in [9.17, 15) is 5.11 Å². The van der Waals surface area contributed by atoms with Gasteiger partial charge in [0, 0.05) is 30.1 Å². The lowest BCUT2D eigenvalue weighted by molar-refractivity contribution is 0.148. The molecule has 3 nitrogen and oxygen atoms in total. The first-order valence-electron chi connectivity index (χ1n) is 4.14. The van der Waals surface area contributed by atoms with Gasteiger partial charge in [0.25, 0.3) is 0 Å². The van der Waals surface area contributed by atoms with Crippen molar-refractivity contribution in [3.05, 3.63) is 17.1 Å². The van der Waals surface area contributed by atoms with Gasteiger partial charge in [-0.25, -0.2) is 4.37 Å². The van der Waals surface area contributed by atoms with Gasteiger partial charge in [-0.1, -0.05) is 0 Å². The fourth-order valence-electron chi connectivity index (χ4n) is 1.53. The van der Waals surface area contributed by atoms with Crippen LogP contribution in [0.1, 0.15) is 4.88 Å². The minimum atomic E-state index is -0.174. The summed E-state index contributed by atoms with van der Waals surface area (Å²) in [7, 11) is 0. The van der Waals surface area contributed by atoms with Crippen molar-refractivity contribution in [3.8, 4) is 0 Å². The Morgan fingerprint density at radius 1 is 1.67 bits per heavy atom. The van der Waals surface area contributed by atoms with E-state index in [1.54, 1.807) is 0 Å². The minimum Gasteiger partial charge on any atom is -0.391 e. The fourth-order valence-corrected chi connectivity index (χ4v) is 2.20. The van der Waals surface area contributed by atoms with Gasteiger partial charge in [0.05, 0.1) is 6.10 Å². The molecule has 0 radical (unpaired) electrons. The Kier molecular flexibility index (Phi) is 2.39. The molecule has 1 aliphatic heterocycles. The van der Waals surface area contributed by atoms with Gasteiger partial charge < -0.3 is 10.4 Å². The lowest BCUT2D eigenvalue weighted by Crippen LogP contribution is -2.19. The first-order valence-corrected chi connectivity index (χ1v) is 4.92. The van der Waals surface area contributed by atoms with Crippen LogP contribution in [0.15, 0.2) is 12.3 Å². The van der Waals surface area contributed by atoms with Gasteiger partial charge in [-0.05, 0) is 24.0 Å². The normalized spacial score (nSPS) is 29.4. The molecule has 12 heavy (non-hydrogen) atoms. The molecule has 0 bridgehead atoms. The monoisotopic (exact) mass is 184 g/mol. The zero-order chi connectivity index (χ0) is 8.39. The second kappa shape index (κ2) is 3.51. The number of aliphatic hydroxyl groups is 1. The maximum absolute atomic E-state index is 9.51. The molecule has 2 heterocycles. The van der Waals surface area contributed by atoms with Crippen LogP contribution in [0.25, 0.3) is 0 Å². The third kappa shape index (κ3) is 1.65. The van der Waals surface area contributed by atoms with E-state index in [1.165, 1.54) is 16.4 Å². The van der Waals surface area contributed by atoms with Crippen molar-refractivity contribution in [3.63, 3.8) is 0 Å².